The Morgan fingerprint density at radius 1 is 1.00 bits per heavy atom. The van der Waals surface area contributed by atoms with Gasteiger partial charge < -0.3 is 19.6 Å². The third-order valence-electron chi connectivity index (χ3n) is 8.47. The third-order valence-corrected chi connectivity index (χ3v) is 8.47. The Hall–Kier alpha value is -3.63. The lowest BCUT2D eigenvalue weighted by molar-refractivity contribution is 0.212. The Bertz CT molecular complexity index is 1470. The first-order valence-corrected chi connectivity index (χ1v) is 13.4. The van der Waals surface area contributed by atoms with Crippen molar-refractivity contribution >= 4 is 11.6 Å². The van der Waals surface area contributed by atoms with Crippen molar-refractivity contribution in [2.24, 2.45) is 5.92 Å². The molecule has 0 bridgehead atoms. The number of hydrogen-bond acceptors (Lipinski definition) is 9. The lowest BCUT2D eigenvalue weighted by atomic mass is 10.0. The van der Waals surface area contributed by atoms with Crippen molar-refractivity contribution in [1.29, 1.82) is 0 Å². The largest absolute Gasteiger partial charge is 0.360 e. The zero-order valence-electron chi connectivity index (χ0n) is 22.1. The molecule has 2 aliphatic heterocycles. The molecule has 10 heteroatoms. The number of likely N-dealkylation sites (N-methyl/N-ethyl adjacent to an activating group) is 1. The summed E-state index contributed by atoms with van der Waals surface area (Å²) in [6.45, 7) is 6.37. The average molecular weight is 512 g/mol. The van der Waals surface area contributed by atoms with E-state index >= 15 is 0 Å². The second-order valence-corrected chi connectivity index (χ2v) is 11.3. The Balaban J connectivity index is 1.10. The molecule has 4 aromatic rings. The molecule has 2 saturated heterocycles. The number of fused-ring (bicyclic) bond motifs is 1. The van der Waals surface area contributed by atoms with Gasteiger partial charge in [0.05, 0.1) is 34.5 Å². The van der Waals surface area contributed by atoms with Crippen LogP contribution in [0.5, 0.6) is 0 Å². The van der Waals surface area contributed by atoms with E-state index in [-0.39, 0.29) is 5.41 Å². The summed E-state index contributed by atoms with van der Waals surface area (Å²) in [4.78, 5) is 18.8. The van der Waals surface area contributed by atoms with Crippen molar-refractivity contribution < 1.29 is 4.52 Å². The maximum absolute atomic E-state index is 5.83. The van der Waals surface area contributed by atoms with E-state index in [0.29, 0.717) is 17.9 Å². The zero-order valence-corrected chi connectivity index (χ0v) is 22.1. The Kier molecular flexibility index (Phi) is 5.55. The van der Waals surface area contributed by atoms with Crippen LogP contribution in [0.4, 0.5) is 11.6 Å². The first-order valence-electron chi connectivity index (χ1n) is 13.4. The molecule has 6 heterocycles. The van der Waals surface area contributed by atoms with E-state index in [2.05, 4.69) is 56.3 Å². The summed E-state index contributed by atoms with van der Waals surface area (Å²) in [5.74, 6) is 2.19. The Labute approximate surface area is 222 Å². The highest BCUT2D eigenvalue weighted by atomic mass is 16.5. The van der Waals surface area contributed by atoms with E-state index in [9.17, 15) is 0 Å². The molecular formula is C28H33N9O. The summed E-state index contributed by atoms with van der Waals surface area (Å²) >= 11 is 0. The van der Waals surface area contributed by atoms with Gasteiger partial charge in [-0.05, 0) is 77.5 Å². The zero-order chi connectivity index (χ0) is 25.9. The number of pyridine rings is 1. The second kappa shape index (κ2) is 8.99. The highest BCUT2D eigenvalue weighted by Gasteiger charge is 2.62. The standard InChI is InChI=1S/C28H33N9O/c1-18-25(16-37(33-18)20-8-11-35(2)12-9-20)32-27-29-10-7-23(31-27)21-5-4-6-22(30-21)24-13-26(38-34-24)28-14-19(28)15-36(3)17-28/h4-7,10,13,16,19-20H,8-9,11-12,14-15,17H2,1-3H3,(H,29,31,32)/t19?,28-/m0/s1. The summed E-state index contributed by atoms with van der Waals surface area (Å²) < 4.78 is 7.92. The first kappa shape index (κ1) is 23.5. The normalized spacial score (nSPS) is 24.0. The van der Waals surface area contributed by atoms with Crippen molar-refractivity contribution in [3.05, 3.63) is 54.2 Å². The van der Waals surface area contributed by atoms with Gasteiger partial charge in [0.25, 0.3) is 0 Å². The van der Waals surface area contributed by atoms with Crippen LogP contribution in [0, 0.1) is 12.8 Å². The van der Waals surface area contributed by atoms with E-state index < -0.39 is 0 Å². The number of likely N-dealkylation sites (tertiary alicyclic amines) is 2. The Morgan fingerprint density at radius 2 is 1.79 bits per heavy atom. The number of anilines is 2. The van der Waals surface area contributed by atoms with E-state index in [1.54, 1.807) is 6.20 Å². The monoisotopic (exact) mass is 511 g/mol. The number of piperidine rings is 2. The minimum atomic E-state index is 0.143. The predicted octanol–water partition coefficient (Wildman–Crippen LogP) is 3.91. The quantitative estimate of drug-likeness (QED) is 0.413. The van der Waals surface area contributed by atoms with Crippen molar-refractivity contribution in [2.75, 3.05) is 45.6 Å². The fourth-order valence-corrected chi connectivity index (χ4v) is 6.20. The van der Waals surface area contributed by atoms with Crippen LogP contribution < -0.4 is 5.32 Å². The van der Waals surface area contributed by atoms with E-state index in [4.69, 9.17) is 19.6 Å². The van der Waals surface area contributed by atoms with Crippen LogP contribution in [0.15, 0.2) is 47.2 Å². The molecule has 2 atom stereocenters. The summed E-state index contributed by atoms with van der Waals surface area (Å²) in [5.41, 5.74) is 5.05. The smallest absolute Gasteiger partial charge is 0.227 e. The van der Waals surface area contributed by atoms with Gasteiger partial charge in [0.2, 0.25) is 5.95 Å². The molecule has 0 spiro atoms. The molecule has 3 aliphatic rings. The van der Waals surface area contributed by atoms with Crippen LogP contribution in [0.1, 0.15) is 36.8 Å². The summed E-state index contributed by atoms with van der Waals surface area (Å²) in [6.07, 6.45) is 7.24. The summed E-state index contributed by atoms with van der Waals surface area (Å²) in [7, 11) is 4.34. The van der Waals surface area contributed by atoms with Crippen molar-refractivity contribution in [3.8, 4) is 22.8 Å². The van der Waals surface area contributed by atoms with Gasteiger partial charge in [0, 0.05) is 37.0 Å². The lowest BCUT2D eigenvalue weighted by Crippen LogP contribution is -2.31. The maximum atomic E-state index is 5.83. The van der Waals surface area contributed by atoms with Crippen molar-refractivity contribution in [3.63, 3.8) is 0 Å². The van der Waals surface area contributed by atoms with Crippen LogP contribution in [0.3, 0.4) is 0 Å². The number of hydrogen-bond donors (Lipinski definition) is 1. The minimum absolute atomic E-state index is 0.143. The lowest BCUT2D eigenvalue weighted by Gasteiger charge is -2.28. The van der Waals surface area contributed by atoms with Gasteiger partial charge in [-0.25, -0.2) is 15.0 Å². The number of rotatable bonds is 6. The van der Waals surface area contributed by atoms with E-state index in [1.807, 2.05) is 31.2 Å². The van der Waals surface area contributed by atoms with Crippen LogP contribution in [0.2, 0.25) is 0 Å². The minimum Gasteiger partial charge on any atom is -0.360 e. The van der Waals surface area contributed by atoms with E-state index in [1.165, 1.54) is 6.42 Å². The number of aryl methyl sites for hydroxylation is 1. The fourth-order valence-electron chi connectivity index (χ4n) is 6.20. The van der Waals surface area contributed by atoms with Gasteiger partial charge in [0.15, 0.2) is 0 Å². The molecule has 0 aromatic carbocycles. The average Bonchev–Trinajstić information content (AvgIpc) is 3.28. The molecule has 7 rings (SSSR count). The van der Waals surface area contributed by atoms with Gasteiger partial charge in [-0.3, -0.25) is 4.68 Å². The second-order valence-electron chi connectivity index (χ2n) is 11.3. The van der Waals surface area contributed by atoms with Crippen LogP contribution in [-0.2, 0) is 5.41 Å². The molecule has 196 valence electrons. The molecule has 0 radical (unpaired) electrons. The molecule has 38 heavy (non-hydrogen) atoms. The number of nitrogens with one attached hydrogen (secondary N) is 1. The molecule has 1 saturated carbocycles. The van der Waals surface area contributed by atoms with Crippen LogP contribution in [0.25, 0.3) is 22.8 Å². The summed E-state index contributed by atoms with van der Waals surface area (Å²) in [5, 5.41) is 12.5. The van der Waals surface area contributed by atoms with E-state index in [0.717, 1.165) is 78.9 Å². The Morgan fingerprint density at radius 3 is 2.58 bits per heavy atom. The molecule has 10 nitrogen and oxygen atoms in total. The third kappa shape index (κ3) is 4.17. The van der Waals surface area contributed by atoms with Gasteiger partial charge in [0.1, 0.15) is 11.5 Å². The molecule has 3 fully saturated rings. The first-order chi connectivity index (χ1) is 18.5. The molecule has 1 N–H and O–H groups in total. The van der Waals surface area contributed by atoms with Gasteiger partial charge in [-0.15, -0.1) is 0 Å². The fraction of sp³-hybridized carbons (Fsp3) is 0.464. The molecule has 0 amide bonds. The highest BCUT2D eigenvalue weighted by molar-refractivity contribution is 5.64. The van der Waals surface area contributed by atoms with Gasteiger partial charge in [-0.2, -0.15) is 5.10 Å². The molecule has 1 aliphatic carbocycles. The molecule has 1 unspecified atom stereocenters. The number of nitrogens with zero attached hydrogens (tertiary/aromatic N) is 8. The topological polar surface area (TPSA) is 101 Å². The maximum Gasteiger partial charge on any atom is 0.227 e. The predicted molar refractivity (Wildman–Crippen MR) is 144 cm³/mol. The van der Waals surface area contributed by atoms with Gasteiger partial charge >= 0.3 is 0 Å². The number of aromatic nitrogens is 6. The summed E-state index contributed by atoms with van der Waals surface area (Å²) in [6, 6.07) is 10.3. The molecular weight excluding hydrogens is 478 g/mol. The van der Waals surface area contributed by atoms with Crippen LogP contribution in [-0.4, -0.2) is 80.0 Å². The van der Waals surface area contributed by atoms with Gasteiger partial charge in [-0.1, -0.05) is 11.2 Å². The molecule has 4 aromatic heterocycles. The SMILES string of the molecule is Cc1nn(C2CCN(C)CC2)cc1Nc1nccc(-c2cccc(-c3cc([C@]45CC4CN(C)C5)on3)n2)n1. The highest BCUT2D eigenvalue weighted by Crippen LogP contribution is 2.59. The van der Waals surface area contributed by atoms with Crippen LogP contribution >= 0.6 is 0 Å². The van der Waals surface area contributed by atoms with Crippen molar-refractivity contribution in [2.45, 2.75) is 37.6 Å². The van der Waals surface area contributed by atoms with Crippen molar-refractivity contribution in [1.82, 2.24) is 39.7 Å².